The van der Waals surface area contributed by atoms with Crippen LogP contribution in [0, 0.1) is 0 Å². The van der Waals surface area contributed by atoms with Crippen molar-refractivity contribution in [1.82, 2.24) is 10.3 Å². The molecule has 0 spiro atoms. The van der Waals surface area contributed by atoms with E-state index in [9.17, 15) is 4.79 Å². The molecule has 0 amide bonds. The first kappa shape index (κ1) is 9.15. The van der Waals surface area contributed by atoms with Crippen LogP contribution in [0.15, 0.2) is 11.6 Å². The van der Waals surface area contributed by atoms with Gasteiger partial charge in [-0.15, -0.1) is 11.3 Å². The van der Waals surface area contributed by atoms with Gasteiger partial charge >= 0.3 is 5.97 Å². The first-order valence-electron chi connectivity index (χ1n) is 3.52. The predicted molar refractivity (Wildman–Crippen MR) is 46.3 cm³/mol. The number of likely N-dealkylation sites (N-methyl/N-ethyl adjacent to an activating group) is 1. The van der Waals surface area contributed by atoms with E-state index in [4.69, 9.17) is 5.11 Å². The summed E-state index contributed by atoms with van der Waals surface area (Å²) in [6.45, 7) is 0. The minimum absolute atomic E-state index is 0.448. The van der Waals surface area contributed by atoms with E-state index in [-0.39, 0.29) is 0 Å². The van der Waals surface area contributed by atoms with Crippen LogP contribution in [0.5, 0.6) is 0 Å². The molecule has 0 aliphatic rings. The Kier molecular flexibility index (Phi) is 3.19. The van der Waals surface area contributed by atoms with E-state index in [0.717, 1.165) is 5.01 Å². The van der Waals surface area contributed by atoms with Gasteiger partial charge < -0.3 is 10.4 Å². The summed E-state index contributed by atoms with van der Waals surface area (Å²) in [4.78, 5) is 14.6. The molecule has 1 rings (SSSR count). The van der Waals surface area contributed by atoms with Crippen LogP contribution < -0.4 is 5.32 Å². The van der Waals surface area contributed by atoms with E-state index in [1.807, 2.05) is 5.38 Å². The second-order valence-corrected chi connectivity index (χ2v) is 3.29. The molecule has 1 aromatic heterocycles. The summed E-state index contributed by atoms with van der Waals surface area (Å²) in [6.07, 6.45) is 2.12. The maximum atomic E-state index is 10.6. The van der Waals surface area contributed by atoms with Gasteiger partial charge in [-0.1, -0.05) is 0 Å². The molecule has 0 aliphatic heterocycles. The van der Waals surface area contributed by atoms with Crippen LogP contribution in [-0.2, 0) is 11.2 Å². The van der Waals surface area contributed by atoms with Gasteiger partial charge in [0.1, 0.15) is 6.04 Å². The average molecular weight is 186 g/mol. The van der Waals surface area contributed by atoms with Crippen molar-refractivity contribution in [3.63, 3.8) is 0 Å². The maximum absolute atomic E-state index is 10.6. The molecule has 1 aromatic rings. The Labute approximate surface area is 74.3 Å². The summed E-state index contributed by atoms with van der Waals surface area (Å²) >= 11 is 1.47. The van der Waals surface area contributed by atoms with Crippen LogP contribution >= 0.6 is 11.3 Å². The summed E-state index contributed by atoms with van der Waals surface area (Å²) in [7, 11) is 1.63. The lowest BCUT2D eigenvalue weighted by molar-refractivity contribution is -0.139. The van der Waals surface area contributed by atoms with Gasteiger partial charge in [-0.2, -0.15) is 0 Å². The molecule has 0 bridgehead atoms. The highest BCUT2D eigenvalue weighted by atomic mass is 32.1. The molecule has 1 heterocycles. The van der Waals surface area contributed by atoms with Crippen molar-refractivity contribution in [2.75, 3.05) is 7.05 Å². The zero-order valence-electron chi connectivity index (χ0n) is 6.65. The van der Waals surface area contributed by atoms with Crippen LogP contribution in [0.25, 0.3) is 0 Å². The Morgan fingerprint density at radius 3 is 3.08 bits per heavy atom. The van der Waals surface area contributed by atoms with Crippen molar-refractivity contribution in [3.05, 3.63) is 16.6 Å². The van der Waals surface area contributed by atoms with Gasteiger partial charge in [0.05, 0.1) is 5.01 Å². The molecule has 4 nitrogen and oxygen atoms in total. The third-order valence-electron chi connectivity index (χ3n) is 1.51. The number of nitrogens with one attached hydrogen (secondary N) is 1. The highest BCUT2D eigenvalue weighted by Gasteiger charge is 2.15. The van der Waals surface area contributed by atoms with Crippen molar-refractivity contribution < 1.29 is 9.90 Å². The molecule has 0 unspecified atom stereocenters. The van der Waals surface area contributed by atoms with Gasteiger partial charge in [-0.3, -0.25) is 4.79 Å². The first-order chi connectivity index (χ1) is 5.74. The molecule has 66 valence electrons. The number of nitrogens with zero attached hydrogens (tertiary/aromatic N) is 1. The smallest absolute Gasteiger partial charge is 0.321 e. The number of aliphatic carboxylic acids is 1. The fourth-order valence-electron chi connectivity index (χ4n) is 0.841. The molecular formula is C7H10N2O2S. The van der Waals surface area contributed by atoms with Gasteiger partial charge in [0.15, 0.2) is 0 Å². The zero-order valence-corrected chi connectivity index (χ0v) is 7.47. The highest BCUT2D eigenvalue weighted by Crippen LogP contribution is 2.06. The highest BCUT2D eigenvalue weighted by molar-refractivity contribution is 7.09. The minimum atomic E-state index is -0.840. The van der Waals surface area contributed by atoms with E-state index < -0.39 is 12.0 Å². The summed E-state index contributed by atoms with van der Waals surface area (Å²) < 4.78 is 0. The molecule has 0 saturated carbocycles. The van der Waals surface area contributed by atoms with Gasteiger partial charge in [0.25, 0.3) is 0 Å². The molecule has 12 heavy (non-hydrogen) atoms. The van der Waals surface area contributed by atoms with Crippen molar-refractivity contribution in [2.24, 2.45) is 0 Å². The average Bonchev–Trinajstić information content (AvgIpc) is 2.51. The number of thiazole rings is 1. The second kappa shape index (κ2) is 4.18. The van der Waals surface area contributed by atoms with Crippen LogP contribution in [0.1, 0.15) is 5.01 Å². The normalized spacial score (nSPS) is 12.8. The molecule has 2 N–H and O–H groups in total. The number of hydrogen-bond donors (Lipinski definition) is 2. The van der Waals surface area contributed by atoms with E-state index in [1.165, 1.54) is 11.3 Å². The number of carbonyl (C=O) groups is 1. The Morgan fingerprint density at radius 2 is 2.67 bits per heavy atom. The van der Waals surface area contributed by atoms with Gasteiger partial charge in [0.2, 0.25) is 0 Å². The largest absolute Gasteiger partial charge is 0.480 e. The lowest BCUT2D eigenvalue weighted by Crippen LogP contribution is -2.35. The number of aromatic nitrogens is 1. The monoisotopic (exact) mass is 186 g/mol. The quantitative estimate of drug-likeness (QED) is 0.712. The summed E-state index contributed by atoms with van der Waals surface area (Å²) in [5.41, 5.74) is 0. The standard InChI is InChI=1S/C7H10N2O2S/c1-8-5(7(10)11)4-6-9-2-3-12-6/h2-3,5,8H,4H2,1H3,(H,10,11)/t5-/m1/s1. The Morgan fingerprint density at radius 1 is 1.92 bits per heavy atom. The van der Waals surface area contributed by atoms with Crippen molar-refractivity contribution in [3.8, 4) is 0 Å². The van der Waals surface area contributed by atoms with Gasteiger partial charge in [-0.25, -0.2) is 4.98 Å². The third-order valence-corrected chi connectivity index (χ3v) is 2.31. The maximum Gasteiger partial charge on any atom is 0.321 e. The topological polar surface area (TPSA) is 62.2 Å². The second-order valence-electron chi connectivity index (χ2n) is 2.31. The lowest BCUT2D eigenvalue weighted by atomic mass is 10.2. The molecule has 0 saturated heterocycles. The third kappa shape index (κ3) is 2.28. The van der Waals surface area contributed by atoms with Crippen LogP contribution in [-0.4, -0.2) is 29.1 Å². The molecule has 0 radical (unpaired) electrons. The molecule has 5 heteroatoms. The Hall–Kier alpha value is -0.940. The van der Waals surface area contributed by atoms with Gasteiger partial charge in [-0.05, 0) is 7.05 Å². The minimum Gasteiger partial charge on any atom is -0.480 e. The van der Waals surface area contributed by atoms with Crippen LogP contribution in [0.4, 0.5) is 0 Å². The van der Waals surface area contributed by atoms with Crippen LogP contribution in [0.2, 0.25) is 0 Å². The van der Waals surface area contributed by atoms with Crippen molar-refractivity contribution >= 4 is 17.3 Å². The predicted octanol–water partition coefficient (Wildman–Crippen LogP) is 0.358. The fourth-order valence-corrected chi connectivity index (χ4v) is 1.50. The zero-order chi connectivity index (χ0) is 8.97. The number of carboxylic acid groups (broad SMARTS) is 1. The van der Waals surface area contributed by atoms with E-state index in [0.29, 0.717) is 6.42 Å². The van der Waals surface area contributed by atoms with E-state index in [1.54, 1.807) is 13.2 Å². The lowest BCUT2D eigenvalue weighted by Gasteiger charge is -2.07. The molecule has 0 fully saturated rings. The molecule has 0 aliphatic carbocycles. The molecular weight excluding hydrogens is 176 g/mol. The summed E-state index contributed by atoms with van der Waals surface area (Å²) in [5, 5.41) is 14.1. The van der Waals surface area contributed by atoms with Crippen molar-refractivity contribution in [1.29, 1.82) is 0 Å². The molecule has 0 aromatic carbocycles. The Balaban J connectivity index is 2.54. The van der Waals surface area contributed by atoms with E-state index in [2.05, 4.69) is 10.3 Å². The number of carboxylic acids is 1. The number of hydrogen-bond acceptors (Lipinski definition) is 4. The Bertz CT molecular complexity index is 248. The molecule has 1 atom stereocenters. The van der Waals surface area contributed by atoms with Crippen LogP contribution in [0.3, 0.4) is 0 Å². The van der Waals surface area contributed by atoms with Gasteiger partial charge in [0, 0.05) is 18.0 Å². The SMILES string of the molecule is CN[C@H](Cc1nccs1)C(=O)O. The summed E-state index contributed by atoms with van der Waals surface area (Å²) in [6, 6.07) is -0.531. The van der Waals surface area contributed by atoms with E-state index >= 15 is 0 Å². The van der Waals surface area contributed by atoms with Crippen molar-refractivity contribution in [2.45, 2.75) is 12.5 Å². The first-order valence-corrected chi connectivity index (χ1v) is 4.40. The number of rotatable bonds is 4. The summed E-state index contributed by atoms with van der Waals surface area (Å²) in [5.74, 6) is -0.840. The fraction of sp³-hybridized carbons (Fsp3) is 0.429.